The topological polar surface area (TPSA) is 102 Å². The second kappa shape index (κ2) is 10.3. The molecule has 3 rings (SSSR count). The molecule has 2 aromatic carbocycles. The Labute approximate surface area is 180 Å². The van der Waals surface area contributed by atoms with E-state index in [1.807, 2.05) is 44.2 Å². The highest BCUT2D eigenvalue weighted by Crippen LogP contribution is 2.21. The van der Waals surface area contributed by atoms with Gasteiger partial charge in [0.15, 0.2) is 0 Å². The molecule has 1 aromatic heterocycles. The molecule has 0 aliphatic heterocycles. The van der Waals surface area contributed by atoms with Gasteiger partial charge in [0, 0.05) is 42.8 Å². The number of benzene rings is 2. The minimum atomic E-state index is -0.469. The van der Waals surface area contributed by atoms with Gasteiger partial charge in [0.25, 0.3) is 5.69 Å². The van der Waals surface area contributed by atoms with Crippen molar-refractivity contribution in [2.24, 2.45) is 0 Å². The molecule has 8 heteroatoms. The van der Waals surface area contributed by atoms with Crippen LogP contribution in [-0.2, 0) is 11.2 Å². The third kappa shape index (κ3) is 5.85. The van der Waals surface area contributed by atoms with E-state index in [4.69, 9.17) is 4.52 Å². The number of nitro groups is 1. The normalized spacial score (nSPS) is 12.1. The predicted octanol–water partition coefficient (Wildman–Crippen LogP) is 4.53. The first kappa shape index (κ1) is 21.9. The molecule has 0 aliphatic carbocycles. The van der Waals surface area contributed by atoms with Crippen LogP contribution in [0.2, 0.25) is 0 Å². The molecule has 0 saturated carbocycles. The summed E-state index contributed by atoms with van der Waals surface area (Å²) >= 11 is 0. The van der Waals surface area contributed by atoms with E-state index in [0.717, 1.165) is 12.0 Å². The number of nitro benzene ring substituents is 1. The lowest BCUT2D eigenvalue weighted by Crippen LogP contribution is -2.38. The molecule has 0 fully saturated rings. The number of hydrogen-bond acceptors (Lipinski definition) is 6. The van der Waals surface area contributed by atoms with Crippen LogP contribution in [0.3, 0.4) is 0 Å². The van der Waals surface area contributed by atoms with Crippen LogP contribution in [-0.4, -0.2) is 38.5 Å². The summed E-state index contributed by atoms with van der Waals surface area (Å²) in [7, 11) is 0. The number of aromatic nitrogens is 2. The maximum Gasteiger partial charge on any atom is 0.270 e. The number of amides is 1. The Hall–Kier alpha value is -3.81. The van der Waals surface area contributed by atoms with Crippen LogP contribution in [0.4, 0.5) is 5.69 Å². The molecule has 1 amide bonds. The van der Waals surface area contributed by atoms with Gasteiger partial charge >= 0.3 is 0 Å². The van der Waals surface area contributed by atoms with Gasteiger partial charge < -0.3 is 9.42 Å². The molecule has 0 spiro atoms. The maximum absolute atomic E-state index is 12.8. The lowest BCUT2D eigenvalue weighted by molar-refractivity contribution is -0.384. The largest absolute Gasteiger partial charge is 0.339 e. The van der Waals surface area contributed by atoms with Crippen LogP contribution >= 0.6 is 0 Å². The maximum atomic E-state index is 12.8. The Morgan fingerprint density at radius 3 is 2.71 bits per heavy atom. The number of rotatable bonds is 9. The summed E-state index contributed by atoms with van der Waals surface area (Å²) in [6.45, 7) is 4.44. The van der Waals surface area contributed by atoms with Crippen LogP contribution in [0.15, 0.2) is 65.2 Å². The van der Waals surface area contributed by atoms with E-state index in [1.54, 1.807) is 29.2 Å². The summed E-state index contributed by atoms with van der Waals surface area (Å²) < 4.78 is 5.31. The minimum absolute atomic E-state index is 0.0393. The summed E-state index contributed by atoms with van der Waals surface area (Å²) in [5.74, 6) is 0.565. The lowest BCUT2D eigenvalue weighted by atomic mass is 10.1. The van der Waals surface area contributed by atoms with E-state index >= 15 is 0 Å². The summed E-state index contributed by atoms with van der Waals surface area (Å²) in [4.78, 5) is 29.4. The van der Waals surface area contributed by atoms with Crippen molar-refractivity contribution in [2.45, 2.75) is 32.7 Å². The second-order valence-corrected chi connectivity index (χ2v) is 7.10. The molecule has 160 valence electrons. The SMILES string of the molecule is CC[C@@H](C)N(CCc1nc(-c2cccc([N+](=O)[O-])c2)no1)C(=O)/C=C/c1ccccc1. The van der Waals surface area contributed by atoms with Gasteiger partial charge in [0.1, 0.15) is 0 Å². The van der Waals surface area contributed by atoms with Crippen LogP contribution in [0.1, 0.15) is 31.7 Å². The average Bonchev–Trinajstić information content (AvgIpc) is 3.27. The highest BCUT2D eigenvalue weighted by molar-refractivity contribution is 5.92. The Morgan fingerprint density at radius 2 is 2.00 bits per heavy atom. The van der Waals surface area contributed by atoms with Gasteiger partial charge in [-0.1, -0.05) is 54.5 Å². The Kier molecular flexibility index (Phi) is 7.26. The smallest absolute Gasteiger partial charge is 0.270 e. The van der Waals surface area contributed by atoms with E-state index in [1.165, 1.54) is 12.1 Å². The fourth-order valence-electron chi connectivity index (χ4n) is 3.04. The lowest BCUT2D eigenvalue weighted by Gasteiger charge is -2.27. The van der Waals surface area contributed by atoms with Gasteiger partial charge in [-0.2, -0.15) is 4.98 Å². The van der Waals surface area contributed by atoms with E-state index in [9.17, 15) is 14.9 Å². The van der Waals surface area contributed by atoms with Crippen LogP contribution in [0.25, 0.3) is 17.5 Å². The molecule has 8 nitrogen and oxygen atoms in total. The van der Waals surface area contributed by atoms with Crippen molar-refractivity contribution in [3.8, 4) is 11.4 Å². The minimum Gasteiger partial charge on any atom is -0.339 e. The van der Waals surface area contributed by atoms with Crippen molar-refractivity contribution in [1.82, 2.24) is 15.0 Å². The van der Waals surface area contributed by atoms with Crippen molar-refractivity contribution >= 4 is 17.7 Å². The quantitative estimate of drug-likeness (QED) is 0.286. The summed E-state index contributed by atoms with van der Waals surface area (Å²) in [6, 6.07) is 15.8. The first-order valence-corrected chi connectivity index (χ1v) is 10.1. The summed E-state index contributed by atoms with van der Waals surface area (Å²) in [5, 5.41) is 14.9. The van der Waals surface area contributed by atoms with Gasteiger partial charge in [-0.3, -0.25) is 14.9 Å². The highest BCUT2D eigenvalue weighted by Gasteiger charge is 2.19. The molecule has 0 bridgehead atoms. The number of carbonyl (C=O) groups excluding carboxylic acids is 1. The van der Waals surface area contributed by atoms with Crippen molar-refractivity contribution in [3.05, 3.63) is 82.2 Å². The van der Waals surface area contributed by atoms with Crippen LogP contribution in [0, 0.1) is 10.1 Å². The molecule has 31 heavy (non-hydrogen) atoms. The summed E-state index contributed by atoms with van der Waals surface area (Å²) in [5.41, 5.74) is 1.42. The predicted molar refractivity (Wildman–Crippen MR) is 117 cm³/mol. The van der Waals surface area contributed by atoms with Gasteiger partial charge in [-0.15, -0.1) is 0 Å². The van der Waals surface area contributed by atoms with Crippen molar-refractivity contribution in [2.75, 3.05) is 6.54 Å². The van der Waals surface area contributed by atoms with Gasteiger partial charge in [-0.05, 0) is 25.0 Å². The molecular formula is C23H24N4O4. The third-order valence-electron chi connectivity index (χ3n) is 4.97. The molecule has 0 unspecified atom stereocenters. The second-order valence-electron chi connectivity index (χ2n) is 7.10. The summed E-state index contributed by atoms with van der Waals surface area (Å²) in [6.07, 6.45) is 4.57. The first-order valence-electron chi connectivity index (χ1n) is 10.1. The zero-order valence-corrected chi connectivity index (χ0v) is 17.5. The van der Waals surface area contributed by atoms with E-state index in [-0.39, 0.29) is 23.5 Å². The van der Waals surface area contributed by atoms with Crippen LogP contribution < -0.4 is 0 Å². The Balaban J connectivity index is 1.68. The Morgan fingerprint density at radius 1 is 1.23 bits per heavy atom. The van der Waals surface area contributed by atoms with Gasteiger partial charge in [0.2, 0.25) is 17.6 Å². The van der Waals surface area contributed by atoms with E-state index < -0.39 is 4.92 Å². The number of carbonyl (C=O) groups is 1. The molecule has 0 aliphatic rings. The molecule has 1 atom stereocenters. The first-order chi connectivity index (χ1) is 15.0. The monoisotopic (exact) mass is 420 g/mol. The Bertz CT molecular complexity index is 1060. The molecule has 3 aromatic rings. The van der Waals surface area contributed by atoms with E-state index in [2.05, 4.69) is 10.1 Å². The zero-order chi connectivity index (χ0) is 22.2. The standard InChI is InChI=1S/C23H24N4O4/c1-3-17(2)26(22(28)13-12-18-8-5-4-6-9-18)15-14-21-24-23(25-31-21)19-10-7-11-20(16-19)27(29)30/h4-13,16-17H,3,14-15H2,1-2H3/b13-12+/t17-/m1/s1. The van der Waals surface area contributed by atoms with Gasteiger partial charge in [-0.25, -0.2) is 0 Å². The van der Waals surface area contributed by atoms with Gasteiger partial charge in [0.05, 0.1) is 4.92 Å². The third-order valence-corrected chi connectivity index (χ3v) is 4.97. The van der Waals surface area contributed by atoms with Crippen molar-refractivity contribution < 1.29 is 14.2 Å². The molecule has 0 N–H and O–H groups in total. The number of non-ortho nitro benzene ring substituents is 1. The molecule has 0 radical (unpaired) electrons. The zero-order valence-electron chi connectivity index (χ0n) is 17.5. The van der Waals surface area contributed by atoms with E-state index in [0.29, 0.717) is 24.4 Å². The number of hydrogen-bond donors (Lipinski definition) is 0. The van der Waals surface area contributed by atoms with Crippen molar-refractivity contribution in [3.63, 3.8) is 0 Å². The molecular weight excluding hydrogens is 396 g/mol. The highest BCUT2D eigenvalue weighted by atomic mass is 16.6. The fourth-order valence-corrected chi connectivity index (χ4v) is 3.04. The average molecular weight is 420 g/mol. The molecule has 1 heterocycles. The number of nitrogens with zero attached hydrogens (tertiary/aromatic N) is 4. The molecule has 0 saturated heterocycles. The fraction of sp³-hybridized carbons (Fsp3) is 0.261. The van der Waals surface area contributed by atoms with Crippen molar-refractivity contribution in [1.29, 1.82) is 0 Å². The van der Waals surface area contributed by atoms with Crippen LogP contribution in [0.5, 0.6) is 0 Å².